The number of fused-ring (bicyclic) bond motifs is 1. The summed E-state index contributed by atoms with van der Waals surface area (Å²) < 4.78 is 7.76. The minimum absolute atomic E-state index is 0.0201. The molecule has 138 valence electrons. The summed E-state index contributed by atoms with van der Waals surface area (Å²) in [6.45, 7) is 4.52. The number of halogens is 1. The van der Waals surface area contributed by atoms with Crippen molar-refractivity contribution in [2.75, 3.05) is 19.8 Å². The van der Waals surface area contributed by atoms with Crippen molar-refractivity contribution in [1.82, 2.24) is 14.7 Å². The van der Waals surface area contributed by atoms with Gasteiger partial charge in [0.2, 0.25) is 0 Å². The summed E-state index contributed by atoms with van der Waals surface area (Å²) in [4.78, 5) is 15.0. The maximum atomic E-state index is 13.1. The average molecular weight is 374 g/mol. The van der Waals surface area contributed by atoms with Crippen LogP contribution >= 0.6 is 11.6 Å². The van der Waals surface area contributed by atoms with Crippen molar-refractivity contribution in [3.8, 4) is 0 Å². The monoisotopic (exact) mass is 373 g/mol. The molecule has 1 atom stereocenters. The number of hydrogen-bond donors (Lipinski definition) is 0. The summed E-state index contributed by atoms with van der Waals surface area (Å²) in [7, 11) is 1.92. The lowest BCUT2D eigenvalue weighted by Gasteiger charge is -2.32. The van der Waals surface area contributed by atoms with Crippen LogP contribution in [-0.4, -0.2) is 40.3 Å². The third-order valence-electron chi connectivity index (χ3n) is 5.28. The third kappa shape index (κ3) is 3.51. The van der Waals surface area contributed by atoms with Gasteiger partial charge in [0.05, 0.1) is 12.3 Å². The minimum Gasteiger partial charge on any atom is -0.380 e. The molecule has 2 aromatic rings. The van der Waals surface area contributed by atoms with Crippen molar-refractivity contribution in [2.45, 2.75) is 32.2 Å². The number of carbonyl (C=O) groups excluding carboxylic acids is 1. The molecule has 2 aliphatic rings. The summed E-state index contributed by atoms with van der Waals surface area (Å²) in [5.74, 6) is 0.863. The van der Waals surface area contributed by atoms with Crippen molar-refractivity contribution >= 4 is 17.5 Å². The first kappa shape index (κ1) is 17.6. The van der Waals surface area contributed by atoms with Crippen molar-refractivity contribution < 1.29 is 9.53 Å². The second-order valence-corrected chi connectivity index (χ2v) is 7.90. The fraction of sp³-hybridized carbons (Fsp3) is 0.500. The van der Waals surface area contributed by atoms with Gasteiger partial charge in [-0.25, -0.2) is 0 Å². The Balaban J connectivity index is 1.55. The molecule has 1 aliphatic carbocycles. The first-order chi connectivity index (χ1) is 12.5. The fourth-order valence-corrected chi connectivity index (χ4v) is 3.77. The van der Waals surface area contributed by atoms with Crippen LogP contribution in [0.2, 0.25) is 5.02 Å². The predicted octanol–water partition coefficient (Wildman–Crippen LogP) is 3.55. The molecule has 0 N–H and O–H groups in total. The molecule has 0 spiro atoms. The highest BCUT2D eigenvalue weighted by Crippen LogP contribution is 2.32. The smallest absolute Gasteiger partial charge is 0.254 e. The number of ether oxygens (including phenoxy) is 1. The molecule has 6 heteroatoms. The number of amides is 1. The quantitative estimate of drug-likeness (QED) is 0.805. The van der Waals surface area contributed by atoms with Crippen LogP contribution in [0.1, 0.15) is 45.9 Å². The predicted molar refractivity (Wildman–Crippen MR) is 100 cm³/mol. The lowest BCUT2D eigenvalue weighted by Crippen LogP contribution is -2.39. The van der Waals surface area contributed by atoms with Crippen LogP contribution in [0.4, 0.5) is 0 Å². The number of nitrogens with zero attached hydrogens (tertiary/aromatic N) is 3. The topological polar surface area (TPSA) is 47.4 Å². The van der Waals surface area contributed by atoms with E-state index in [0.717, 1.165) is 29.3 Å². The van der Waals surface area contributed by atoms with Crippen molar-refractivity contribution in [2.24, 2.45) is 13.0 Å². The van der Waals surface area contributed by atoms with Crippen LogP contribution in [0.3, 0.4) is 0 Å². The van der Waals surface area contributed by atoms with Crippen molar-refractivity contribution in [1.29, 1.82) is 0 Å². The molecular weight excluding hydrogens is 350 g/mol. The van der Waals surface area contributed by atoms with Gasteiger partial charge in [0, 0.05) is 55.0 Å². The highest BCUT2D eigenvalue weighted by Gasteiger charge is 2.32. The normalized spacial score (nSPS) is 19.5. The van der Waals surface area contributed by atoms with E-state index in [1.54, 1.807) is 0 Å². The zero-order chi connectivity index (χ0) is 18.3. The molecule has 1 aliphatic heterocycles. The Morgan fingerprint density at radius 1 is 1.35 bits per heavy atom. The summed E-state index contributed by atoms with van der Waals surface area (Å²) in [5.41, 5.74) is 3.67. The van der Waals surface area contributed by atoms with Crippen LogP contribution in [0.25, 0.3) is 0 Å². The Morgan fingerprint density at radius 3 is 2.92 bits per heavy atom. The van der Waals surface area contributed by atoms with Gasteiger partial charge in [-0.15, -0.1) is 0 Å². The number of aromatic nitrogens is 2. The van der Waals surface area contributed by atoms with E-state index in [2.05, 4.69) is 5.10 Å². The fourth-order valence-electron chi connectivity index (χ4n) is 3.60. The van der Waals surface area contributed by atoms with Gasteiger partial charge in [0.15, 0.2) is 0 Å². The zero-order valence-corrected chi connectivity index (χ0v) is 16.0. The van der Waals surface area contributed by atoms with Gasteiger partial charge in [-0.2, -0.15) is 5.10 Å². The van der Waals surface area contributed by atoms with Crippen LogP contribution in [-0.2, 0) is 18.3 Å². The van der Waals surface area contributed by atoms with E-state index < -0.39 is 0 Å². The Morgan fingerprint density at radius 2 is 2.15 bits per heavy atom. The van der Waals surface area contributed by atoms with Gasteiger partial charge in [-0.05, 0) is 43.4 Å². The second-order valence-electron chi connectivity index (χ2n) is 7.49. The molecule has 1 aromatic carbocycles. The molecular formula is C20H24ClN3O2. The molecule has 1 amide bonds. The number of aryl methyl sites for hydroxylation is 1. The van der Waals surface area contributed by atoms with E-state index in [9.17, 15) is 4.79 Å². The second kappa shape index (κ2) is 7.05. The van der Waals surface area contributed by atoms with Crippen molar-refractivity contribution in [3.63, 3.8) is 0 Å². The third-order valence-corrected chi connectivity index (χ3v) is 5.69. The molecule has 5 nitrogen and oxygen atoms in total. The van der Waals surface area contributed by atoms with Crippen LogP contribution < -0.4 is 0 Å². The number of benzene rings is 1. The molecule has 0 radical (unpaired) electrons. The van der Waals surface area contributed by atoms with Crippen LogP contribution in [0.5, 0.6) is 0 Å². The molecule has 1 fully saturated rings. The highest BCUT2D eigenvalue weighted by molar-refractivity contribution is 6.31. The molecule has 4 rings (SSSR count). The van der Waals surface area contributed by atoms with Gasteiger partial charge < -0.3 is 9.64 Å². The minimum atomic E-state index is 0.0201. The lowest BCUT2D eigenvalue weighted by atomic mass is 9.96. The van der Waals surface area contributed by atoms with Crippen LogP contribution in [0.15, 0.2) is 24.4 Å². The summed E-state index contributed by atoms with van der Waals surface area (Å²) in [6, 6.07) is 5.50. The number of hydrogen-bond acceptors (Lipinski definition) is 3. The van der Waals surface area contributed by atoms with E-state index in [4.69, 9.17) is 16.3 Å². The molecule has 1 saturated carbocycles. The first-order valence-corrected chi connectivity index (χ1v) is 9.55. The molecule has 1 aromatic heterocycles. The molecule has 0 bridgehead atoms. The van der Waals surface area contributed by atoms with E-state index in [1.807, 2.05) is 47.9 Å². The molecule has 1 unspecified atom stereocenters. The number of rotatable bonds is 5. The van der Waals surface area contributed by atoms with Gasteiger partial charge in [-0.3, -0.25) is 9.48 Å². The molecule has 2 heterocycles. The average Bonchev–Trinajstić information content (AvgIpc) is 3.36. The van der Waals surface area contributed by atoms with E-state index in [-0.39, 0.29) is 11.8 Å². The van der Waals surface area contributed by atoms with Crippen LogP contribution in [0, 0.1) is 12.8 Å². The Bertz CT molecular complexity index is 828. The van der Waals surface area contributed by atoms with Gasteiger partial charge in [0.1, 0.15) is 0 Å². The summed E-state index contributed by atoms with van der Waals surface area (Å²) >= 11 is 6.21. The summed E-state index contributed by atoms with van der Waals surface area (Å²) in [6.07, 6.45) is 4.56. The van der Waals surface area contributed by atoms with E-state index in [0.29, 0.717) is 30.3 Å². The van der Waals surface area contributed by atoms with Gasteiger partial charge in [0.25, 0.3) is 5.91 Å². The SMILES string of the molecule is Cc1c(Cl)cccc1C(=O)N1Cc2cn(C)nc2C(COCC2CC2)C1. The standard InChI is InChI=1S/C20H24ClN3O2/c1-13-17(4-3-5-18(13)21)20(25)24-9-15-8-23(2)22-19(15)16(10-24)12-26-11-14-6-7-14/h3-5,8,14,16H,6-7,9-12H2,1-2H3. The molecule has 0 saturated heterocycles. The maximum absolute atomic E-state index is 13.1. The van der Waals surface area contributed by atoms with Gasteiger partial charge >= 0.3 is 0 Å². The Kier molecular flexibility index (Phi) is 4.76. The summed E-state index contributed by atoms with van der Waals surface area (Å²) in [5, 5.41) is 5.25. The van der Waals surface area contributed by atoms with Crippen molar-refractivity contribution in [3.05, 3.63) is 51.8 Å². The van der Waals surface area contributed by atoms with Gasteiger partial charge in [-0.1, -0.05) is 17.7 Å². The Labute approximate surface area is 158 Å². The van der Waals surface area contributed by atoms with E-state index >= 15 is 0 Å². The Hall–Kier alpha value is -1.85. The number of carbonyl (C=O) groups is 1. The molecule has 26 heavy (non-hydrogen) atoms. The van der Waals surface area contributed by atoms with E-state index in [1.165, 1.54) is 12.8 Å². The zero-order valence-electron chi connectivity index (χ0n) is 15.2. The first-order valence-electron chi connectivity index (χ1n) is 9.17. The maximum Gasteiger partial charge on any atom is 0.254 e. The highest BCUT2D eigenvalue weighted by atomic mass is 35.5. The largest absolute Gasteiger partial charge is 0.380 e. The lowest BCUT2D eigenvalue weighted by molar-refractivity contribution is 0.0625.